The molecular weight excluding hydrogens is 435 g/mol. The Labute approximate surface area is 191 Å². The molecule has 0 N–H and O–H groups in total. The number of hydrogen-bond acceptors (Lipinski definition) is 5. The van der Waals surface area contributed by atoms with Gasteiger partial charge in [0.2, 0.25) is 0 Å². The highest BCUT2D eigenvalue weighted by atomic mass is 35.5. The van der Waals surface area contributed by atoms with Gasteiger partial charge in [-0.3, -0.25) is 4.79 Å². The Balaban J connectivity index is 1.31. The first-order valence-corrected chi connectivity index (χ1v) is 10.8. The fourth-order valence-electron chi connectivity index (χ4n) is 3.44. The first kappa shape index (κ1) is 21.4. The van der Waals surface area contributed by atoms with Gasteiger partial charge in [0.05, 0.1) is 15.7 Å². The molecule has 160 valence electrons. The second-order valence-corrected chi connectivity index (χ2v) is 8.16. The number of rotatable bonds is 5. The van der Waals surface area contributed by atoms with Crippen molar-refractivity contribution in [2.75, 3.05) is 37.7 Å². The summed E-state index contributed by atoms with van der Waals surface area (Å²) in [6, 6.07) is 16.9. The van der Waals surface area contributed by atoms with Crippen LogP contribution in [0.2, 0.25) is 10.0 Å². The number of benzene rings is 2. The van der Waals surface area contributed by atoms with Gasteiger partial charge < -0.3 is 14.5 Å². The summed E-state index contributed by atoms with van der Waals surface area (Å²) in [5, 5.41) is 9.83. The summed E-state index contributed by atoms with van der Waals surface area (Å²) < 4.78 is 5.64. The number of aryl methyl sites for hydroxylation is 1. The van der Waals surface area contributed by atoms with Crippen LogP contribution in [0.15, 0.2) is 54.6 Å². The summed E-state index contributed by atoms with van der Waals surface area (Å²) >= 11 is 12.4. The molecule has 31 heavy (non-hydrogen) atoms. The van der Waals surface area contributed by atoms with Gasteiger partial charge in [-0.25, -0.2) is 0 Å². The van der Waals surface area contributed by atoms with Crippen LogP contribution in [0.3, 0.4) is 0 Å². The van der Waals surface area contributed by atoms with E-state index < -0.39 is 0 Å². The average molecular weight is 457 g/mol. The van der Waals surface area contributed by atoms with Crippen molar-refractivity contribution in [1.29, 1.82) is 0 Å². The van der Waals surface area contributed by atoms with Gasteiger partial charge in [0.1, 0.15) is 5.75 Å². The monoisotopic (exact) mass is 456 g/mol. The van der Waals surface area contributed by atoms with E-state index in [0.717, 1.165) is 22.6 Å². The highest BCUT2D eigenvalue weighted by Gasteiger charge is 2.23. The topological polar surface area (TPSA) is 58.6 Å². The largest absolute Gasteiger partial charge is 0.482 e. The van der Waals surface area contributed by atoms with E-state index in [-0.39, 0.29) is 12.5 Å². The third-order valence-electron chi connectivity index (χ3n) is 5.19. The molecule has 1 fully saturated rings. The molecule has 8 heteroatoms. The lowest BCUT2D eigenvalue weighted by Gasteiger charge is -2.35. The van der Waals surface area contributed by atoms with E-state index in [1.807, 2.05) is 55.5 Å². The molecule has 2 aromatic carbocycles. The van der Waals surface area contributed by atoms with E-state index in [1.54, 1.807) is 11.0 Å². The number of aromatic nitrogens is 2. The zero-order valence-electron chi connectivity index (χ0n) is 17.1. The first-order valence-electron chi connectivity index (χ1n) is 10.0. The lowest BCUT2D eigenvalue weighted by molar-refractivity contribution is -0.133. The van der Waals surface area contributed by atoms with Crippen molar-refractivity contribution >= 4 is 34.9 Å². The number of hydrogen-bond donors (Lipinski definition) is 0. The smallest absolute Gasteiger partial charge is 0.260 e. The van der Waals surface area contributed by atoms with Gasteiger partial charge >= 0.3 is 0 Å². The standard InChI is InChI=1S/C23H22Cl2N4O2/c1-16-6-7-19(25)21(14-16)31-15-23(30)29-12-10-28(11-13-29)22-9-8-20(26-27-22)17-4-2-3-5-18(17)24/h2-9,14H,10-13,15H2,1H3. The van der Waals surface area contributed by atoms with Crippen molar-refractivity contribution in [1.82, 2.24) is 15.1 Å². The zero-order chi connectivity index (χ0) is 21.8. The number of amides is 1. The number of piperazine rings is 1. The van der Waals surface area contributed by atoms with Crippen molar-refractivity contribution < 1.29 is 9.53 Å². The van der Waals surface area contributed by atoms with Crippen LogP contribution in [0.1, 0.15) is 5.56 Å². The molecule has 1 saturated heterocycles. The normalized spacial score (nSPS) is 13.9. The molecule has 3 aromatic rings. The van der Waals surface area contributed by atoms with Crippen molar-refractivity contribution in [3.8, 4) is 17.0 Å². The Morgan fingerprint density at radius 1 is 0.968 bits per heavy atom. The molecule has 0 bridgehead atoms. The SMILES string of the molecule is Cc1ccc(Cl)c(OCC(=O)N2CCN(c3ccc(-c4ccccc4Cl)nn3)CC2)c1. The summed E-state index contributed by atoms with van der Waals surface area (Å²) in [6.45, 7) is 4.47. The number of carbonyl (C=O) groups excluding carboxylic acids is 1. The Morgan fingerprint density at radius 3 is 2.45 bits per heavy atom. The molecule has 0 saturated carbocycles. The van der Waals surface area contributed by atoms with E-state index in [1.165, 1.54) is 0 Å². The number of ether oxygens (including phenoxy) is 1. The number of halogens is 2. The van der Waals surface area contributed by atoms with Gasteiger partial charge in [-0.2, -0.15) is 0 Å². The van der Waals surface area contributed by atoms with Crippen LogP contribution in [0.25, 0.3) is 11.3 Å². The van der Waals surface area contributed by atoms with E-state index in [2.05, 4.69) is 15.1 Å². The predicted octanol–water partition coefficient (Wildman–Crippen LogP) is 4.49. The molecule has 0 aliphatic carbocycles. The van der Waals surface area contributed by atoms with Crippen LogP contribution in [0.5, 0.6) is 5.75 Å². The summed E-state index contributed by atoms with van der Waals surface area (Å²) in [7, 11) is 0. The average Bonchev–Trinajstić information content (AvgIpc) is 2.80. The van der Waals surface area contributed by atoms with Crippen molar-refractivity contribution in [3.05, 3.63) is 70.2 Å². The van der Waals surface area contributed by atoms with Crippen LogP contribution in [-0.4, -0.2) is 53.8 Å². The highest BCUT2D eigenvalue weighted by Crippen LogP contribution is 2.27. The maximum atomic E-state index is 12.5. The van der Waals surface area contributed by atoms with E-state index in [9.17, 15) is 4.79 Å². The Hall–Kier alpha value is -2.83. The maximum Gasteiger partial charge on any atom is 0.260 e. The van der Waals surface area contributed by atoms with Crippen LogP contribution in [-0.2, 0) is 4.79 Å². The fraction of sp³-hybridized carbons (Fsp3) is 0.261. The third kappa shape index (κ3) is 5.09. The Bertz CT molecular complexity index is 1070. The van der Waals surface area contributed by atoms with Crippen LogP contribution in [0.4, 0.5) is 5.82 Å². The second-order valence-electron chi connectivity index (χ2n) is 7.35. The molecule has 0 unspecified atom stereocenters. The molecule has 0 radical (unpaired) electrons. The van der Waals surface area contributed by atoms with Crippen LogP contribution < -0.4 is 9.64 Å². The van der Waals surface area contributed by atoms with Gasteiger partial charge in [-0.1, -0.05) is 47.5 Å². The molecule has 6 nitrogen and oxygen atoms in total. The van der Waals surface area contributed by atoms with Crippen LogP contribution in [0, 0.1) is 6.92 Å². The van der Waals surface area contributed by atoms with Crippen molar-refractivity contribution in [2.45, 2.75) is 6.92 Å². The van der Waals surface area contributed by atoms with Gasteiger partial charge in [0, 0.05) is 31.7 Å². The second kappa shape index (κ2) is 9.54. The van der Waals surface area contributed by atoms with E-state index >= 15 is 0 Å². The third-order valence-corrected chi connectivity index (χ3v) is 5.84. The van der Waals surface area contributed by atoms with Crippen LogP contribution >= 0.6 is 23.2 Å². The summed E-state index contributed by atoms with van der Waals surface area (Å²) in [6.07, 6.45) is 0. The quantitative estimate of drug-likeness (QED) is 0.565. The molecule has 4 rings (SSSR count). The summed E-state index contributed by atoms with van der Waals surface area (Å²) in [5.41, 5.74) is 2.62. The number of anilines is 1. The fourth-order valence-corrected chi connectivity index (χ4v) is 3.85. The van der Waals surface area contributed by atoms with Gasteiger partial charge in [0.15, 0.2) is 12.4 Å². The summed E-state index contributed by atoms with van der Waals surface area (Å²) in [4.78, 5) is 16.5. The molecule has 0 atom stereocenters. The van der Waals surface area contributed by atoms with E-state index in [4.69, 9.17) is 27.9 Å². The molecule has 1 aliphatic heterocycles. The van der Waals surface area contributed by atoms with Gasteiger partial charge in [-0.05, 0) is 42.8 Å². The van der Waals surface area contributed by atoms with Crippen molar-refractivity contribution in [2.24, 2.45) is 0 Å². The lowest BCUT2D eigenvalue weighted by atomic mass is 10.1. The molecule has 1 amide bonds. The minimum atomic E-state index is -0.0580. The Morgan fingerprint density at radius 2 is 1.74 bits per heavy atom. The molecule has 0 spiro atoms. The lowest BCUT2D eigenvalue weighted by Crippen LogP contribution is -2.50. The molecule has 2 heterocycles. The number of carbonyl (C=O) groups is 1. The molecular formula is C23H22Cl2N4O2. The van der Waals surface area contributed by atoms with Gasteiger partial charge in [-0.15, -0.1) is 10.2 Å². The minimum Gasteiger partial charge on any atom is -0.482 e. The first-order chi connectivity index (χ1) is 15.0. The maximum absolute atomic E-state index is 12.5. The Kier molecular flexibility index (Phi) is 6.59. The zero-order valence-corrected chi connectivity index (χ0v) is 18.6. The summed E-state index contributed by atoms with van der Waals surface area (Å²) in [5.74, 6) is 1.26. The molecule has 1 aliphatic rings. The van der Waals surface area contributed by atoms with Gasteiger partial charge in [0.25, 0.3) is 5.91 Å². The molecule has 1 aromatic heterocycles. The number of nitrogens with zero attached hydrogens (tertiary/aromatic N) is 4. The van der Waals surface area contributed by atoms with E-state index in [0.29, 0.717) is 42.0 Å². The minimum absolute atomic E-state index is 0.0322. The highest BCUT2D eigenvalue weighted by molar-refractivity contribution is 6.33. The predicted molar refractivity (Wildman–Crippen MR) is 123 cm³/mol. The van der Waals surface area contributed by atoms with Crippen molar-refractivity contribution in [3.63, 3.8) is 0 Å².